The molecule has 0 saturated heterocycles. The van der Waals surface area contributed by atoms with Gasteiger partial charge in [-0.1, -0.05) is 163 Å². The molecule has 600 valence electrons. The number of carboxylic acid groups (broad SMARTS) is 1. The van der Waals surface area contributed by atoms with Gasteiger partial charge in [-0.15, -0.1) is 0 Å². The van der Waals surface area contributed by atoms with Crippen molar-refractivity contribution in [1.82, 2.24) is 44.1 Å². The van der Waals surface area contributed by atoms with E-state index >= 15 is 0 Å². The van der Waals surface area contributed by atoms with Crippen molar-refractivity contribution in [3.8, 4) is 11.1 Å². The van der Waals surface area contributed by atoms with Crippen molar-refractivity contribution in [2.75, 3.05) is 46.7 Å². The molecule has 0 spiro atoms. The van der Waals surface area contributed by atoms with E-state index in [1.807, 2.05) is 153 Å². The highest BCUT2D eigenvalue weighted by Gasteiger charge is 2.31. The number of nitrogens with zero attached hydrogens (tertiary/aromatic N) is 7. The summed E-state index contributed by atoms with van der Waals surface area (Å²) in [6, 6.07) is 60.7. The van der Waals surface area contributed by atoms with Crippen molar-refractivity contribution in [3.63, 3.8) is 0 Å². The van der Waals surface area contributed by atoms with Gasteiger partial charge in [0.2, 0.25) is 27.7 Å². The number of nitrogens with two attached hydrogens (primary N) is 1. The summed E-state index contributed by atoms with van der Waals surface area (Å²) in [5.74, 6) is -5.53. The second-order valence-corrected chi connectivity index (χ2v) is 31.3. The number of hydrogen-bond acceptors (Lipinski definition) is 18. The van der Waals surface area contributed by atoms with Gasteiger partial charge in [-0.2, -0.15) is 4.99 Å². The van der Waals surface area contributed by atoms with E-state index in [0.29, 0.717) is 68.7 Å². The van der Waals surface area contributed by atoms with Gasteiger partial charge >= 0.3 is 17.9 Å². The SMILES string of the molecule is COC(=O)CCNC(=O)c1cn(Cc2ccccc2)c2ccc(Br)cc2c1=O.COC(=O)CNC(=O)c1cn(Cc2ccc(S(C)(=O)=O)cc2)c2ccc(Br)cc2c1=O.NC1=NC(=O)CN1C(=O)c1cn(Cc2ccccc2)c2ccc(Br)cc2c1=O.O=C(O)CNC(=O)c1cn(Cc2ccccc2)c2ccc(-c3cccnc3)cc2c1=O. The van der Waals surface area contributed by atoms with Gasteiger partial charge in [0.25, 0.3) is 29.5 Å². The Hall–Kier alpha value is -13.4. The molecule has 6 N–H and O–H groups in total. The zero-order chi connectivity index (χ0) is 84.5. The minimum absolute atomic E-state index is 0.0337. The molecule has 5 aromatic heterocycles. The van der Waals surface area contributed by atoms with Gasteiger partial charge in [0, 0.05) is 117 Å². The monoisotopic (exact) mass is 1800 g/mol. The number of aliphatic carboxylic acids is 1. The summed E-state index contributed by atoms with van der Waals surface area (Å²) >= 11 is 10.1. The molecule has 13 aromatic rings. The molecule has 1 aliphatic heterocycles. The standard InChI is InChI=1S/C24H19N3O4.C21H19BrN2O6S.C21H19BrN2O4.C20H15BrN4O3/c28-22(29)13-26-24(31)20-15-27(14-16-5-2-1-3-6-16)21-9-8-17(11-19(21)23(20)30)18-7-4-10-25-12-18;1-30-19(25)10-23-21(27)17-12-24(18-8-5-14(22)9-16(18)20(17)26)11-13-3-6-15(7-4-13)31(2,28)29;1-28-19(25)9-10-23-21(27)17-13-24(12-14-5-3-2-4-6-14)18-8-7-15(22)11-16(18)20(17)26;21-13-6-7-16-14(8-13)18(27)15(19(28)25-11-17(26)23-20(25)22)10-24(16)9-12-4-2-1-3-5-12/h1-12,15H,13-14H2,(H,26,31)(H,28,29);3-9,12H,10-11H2,1-2H3,(H,23,27);2-8,11,13H,9-10,12H2,1H3,(H,23,27);1-8,10H,9,11H2,(H2,22,23,26). The quantitative estimate of drug-likeness (QED) is 0.0417. The lowest BCUT2D eigenvalue weighted by molar-refractivity contribution is -0.140. The van der Waals surface area contributed by atoms with Crippen LogP contribution in [0, 0.1) is 0 Å². The van der Waals surface area contributed by atoms with E-state index in [1.54, 1.807) is 71.7 Å². The maximum atomic E-state index is 13.2. The predicted octanol–water partition coefficient (Wildman–Crippen LogP) is 10.3. The molecule has 0 aliphatic carbocycles. The average Bonchev–Trinajstić information content (AvgIpc) is 1.08. The van der Waals surface area contributed by atoms with Crippen molar-refractivity contribution >= 4 is 155 Å². The topological polar surface area (TPSA) is 388 Å². The number of methoxy groups -OCH3 is 2. The summed E-state index contributed by atoms with van der Waals surface area (Å²) in [6.45, 7) is 0.634. The van der Waals surface area contributed by atoms with Crippen LogP contribution in [0.5, 0.6) is 0 Å². The van der Waals surface area contributed by atoms with E-state index in [9.17, 15) is 66.0 Å². The van der Waals surface area contributed by atoms with Crippen LogP contribution in [0.25, 0.3) is 54.7 Å². The number of carbonyl (C=O) groups excluding carboxylic acids is 7. The van der Waals surface area contributed by atoms with Crippen LogP contribution in [0.3, 0.4) is 0 Å². The summed E-state index contributed by atoms with van der Waals surface area (Å²) in [4.78, 5) is 156. The van der Waals surface area contributed by atoms with Crippen LogP contribution in [0.1, 0.15) is 70.1 Å². The number of pyridine rings is 5. The summed E-state index contributed by atoms with van der Waals surface area (Å²) in [7, 11) is -0.831. The fourth-order valence-corrected chi connectivity index (χ4v) is 14.3. The number of hydrogen-bond donors (Lipinski definition) is 5. The molecule has 0 unspecified atom stereocenters. The second-order valence-electron chi connectivity index (χ2n) is 26.5. The van der Waals surface area contributed by atoms with Gasteiger partial charge in [0.05, 0.1) is 47.6 Å². The Labute approximate surface area is 697 Å². The first-order chi connectivity index (χ1) is 56.5. The average molecular weight is 1800 g/mol. The molecule has 118 heavy (non-hydrogen) atoms. The van der Waals surface area contributed by atoms with Crippen molar-refractivity contribution in [3.05, 3.63) is 336 Å². The number of nitrogens with one attached hydrogen (secondary N) is 3. The van der Waals surface area contributed by atoms with Gasteiger partial charge in [0.15, 0.2) is 9.84 Å². The Morgan fingerprint density at radius 1 is 0.466 bits per heavy atom. The minimum Gasteiger partial charge on any atom is -0.480 e. The number of carboxylic acids is 1. The summed E-state index contributed by atoms with van der Waals surface area (Å²) in [6.07, 6.45) is 10.5. The molecule has 0 atom stereocenters. The molecule has 0 fully saturated rings. The number of aliphatic imine (C=N–C) groups is 1. The lowest BCUT2D eigenvalue weighted by Gasteiger charge is -2.17. The number of ether oxygens (including phenoxy) is 2. The third kappa shape index (κ3) is 21.4. The number of carbonyl (C=O) groups is 8. The van der Waals surface area contributed by atoms with Gasteiger partial charge in [-0.05, 0) is 113 Å². The van der Waals surface area contributed by atoms with Crippen LogP contribution in [0.4, 0.5) is 0 Å². The third-order valence-electron chi connectivity index (χ3n) is 18.4. The van der Waals surface area contributed by atoms with Crippen LogP contribution in [0.2, 0.25) is 0 Å². The number of fused-ring (bicyclic) bond motifs is 4. The van der Waals surface area contributed by atoms with Crippen molar-refractivity contribution in [2.45, 2.75) is 37.5 Å². The molecule has 6 heterocycles. The fourth-order valence-electron chi connectivity index (χ4n) is 12.6. The Morgan fingerprint density at radius 2 is 0.856 bits per heavy atom. The molecule has 32 heteroatoms. The van der Waals surface area contributed by atoms with Crippen LogP contribution in [-0.2, 0) is 64.7 Å². The van der Waals surface area contributed by atoms with Crippen LogP contribution >= 0.6 is 47.8 Å². The Kier molecular flexibility index (Phi) is 28.1. The lowest BCUT2D eigenvalue weighted by atomic mass is 10.0. The Bertz CT molecular complexity index is 6490. The Balaban J connectivity index is 0.000000154. The van der Waals surface area contributed by atoms with Gasteiger partial charge < -0.3 is 54.5 Å². The predicted molar refractivity (Wildman–Crippen MR) is 455 cm³/mol. The van der Waals surface area contributed by atoms with Gasteiger partial charge in [-0.25, -0.2) is 8.42 Å². The number of guanidine groups is 1. The number of benzene rings is 8. The zero-order valence-corrected chi connectivity index (χ0v) is 68.7. The molecule has 0 bridgehead atoms. The molecule has 5 amide bonds. The number of rotatable bonds is 21. The number of halogens is 3. The third-order valence-corrected chi connectivity index (χ3v) is 21.0. The van der Waals surface area contributed by atoms with Crippen LogP contribution in [-0.4, -0.2) is 142 Å². The van der Waals surface area contributed by atoms with Crippen LogP contribution in [0.15, 0.2) is 280 Å². The molecule has 0 radical (unpaired) electrons. The first kappa shape index (κ1) is 85.5. The van der Waals surface area contributed by atoms with Crippen LogP contribution < -0.4 is 43.4 Å². The first-order valence-electron chi connectivity index (χ1n) is 35.9. The highest BCUT2D eigenvalue weighted by molar-refractivity contribution is 9.11. The van der Waals surface area contributed by atoms with Crippen molar-refractivity contribution < 1.29 is 61.4 Å². The summed E-state index contributed by atoms with van der Waals surface area (Å²) < 4.78 is 41.9. The number of amides is 5. The van der Waals surface area contributed by atoms with E-state index in [4.69, 9.17) is 10.8 Å². The highest BCUT2D eigenvalue weighted by Crippen LogP contribution is 2.27. The molecule has 14 rings (SSSR count). The van der Waals surface area contributed by atoms with E-state index in [1.165, 1.54) is 44.9 Å². The maximum Gasteiger partial charge on any atom is 0.325 e. The number of sulfone groups is 1. The number of esters is 2. The molecule has 28 nitrogen and oxygen atoms in total. The second kappa shape index (κ2) is 38.8. The molecule has 8 aromatic carbocycles. The maximum absolute atomic E-state index is 13.2. The smallest absolute Gasteiger partial charge is 0.325 e. The fraction of sp³-hybridized carbons (Fsp3) is 0.140. The summed E-state index contributed by atoms with van der Waals surface area (Å²) in [5.41, 5.74) is 11.9. The van der Waals surface area contributed by atoms with E-state index in [2.05, 4.69) is 83.2 Å². The van der Waals surface area contributed by atoms with Gasteiger partial charge in [-0.3, -0.25) is 67.4 Å². The minimum atomic E-state index is -3.32. The van der Waals surface area contributed by atoms with Gasteiger partial charge in [0.1, 0.15) is 41.9 Å². The highest BCUT2D eigenvalue weighted by atomic mass is 79.9. The molecule has 1 aliphatic rings. The largest absolute Gasteiger partial charge is 0.480 e. The first-order valence-corrected chi connectivity index (χ1v) is 40.2. The lowest BCUT2D eigenvalue weighted by Crippen LogP contribution is -2.41. The van der Waals surface area contributed by atoms with E-state index in [-0.39, 0.29) is 64.6 Å². The molecular weight excluding hydrogens is 1730 g/mol. The molecular formula is C86H72Br3N11O17S. The zero-order valence-electron chi connectivity index (χ0n) is 63.1. The van der Waals surface area contributed by atoms with Crippen molar-refractivity contribution in [2.24, 2.45) is 10.7 Å². The summed E-state index contributed by atoms with van der Waals surface area (Å²) in [5, 5.41) is 17.7. The number of aromatic nitrogens is 5. The normalized spacial score (nSPS) is 11.6. The Morgan fingerprint density at radius 3 is 1.25 bits per heavy atom. The van der Waals surface area contributed by atoms with E-state index in [0.717, 1.165) is 59.0 Å². The van der Waals surface area contributed by atoms with Crippen molar-refractivity contribution in [1.29, 1.82) is 0 Å². The van der Waals surface area contributed by atoms with E-state index < -0.39 is 80.1 Å². The molecule has 0 saturated carbocycles.